The summed E-state index contributed by atoms with van der Waals surface area (Å²) in [5.41, 5.74) is 0.761. The maximum Gasteiger partial charge on any atom is -0.0297 e. The van der Waals surface area contributed by atoms with Crippen LogP contribution in [0.5, 0.6) is 0 Å². The summed E-state index contributed by atoms with van der Waals surface area (Å²) in [4.78, 5) is 0. The van der Waals surface area contributed by atoms with Gasteiger partial charge in [0.05, 0.1) is 0 Å². The Balaban J connectivity index is 2.00. The fourth-order valence-electron chi connectivity index (χ4n) is 6.26. The third kappa shape index (κ3) is 17.5. The molecule has 0 nitrogen and oxygen atoms in total. The van der Waals surface area contributed by atoms with E-state index in [1.807, 2.05) is 0 Å². The minimum Gasteiger partial charge on any atom is -0.0654 e. The van der Waals surface area contributed by atoms with Gasteiger partial charge in [0.2, 0.25) is 0 Å². The number of hydrogen-bond donors (Lipinski definition) is 0. The van der Waals surface area contributed by atoms with Gasteiger partial charge in [-0.1, -0.05) is 174 Å². The van der Waals surface area contributed by atoms with Crippen molar-refractivity contribution in [3.63, 3.8) is 0 Å². The van der Waals surface area contributed by atoms with Crippen LogP contribution in [0.3, 0.4) is 0 Å². The average molecular weight is 449 g/mol. The highest BCUT2D eigenvalue weighted by molar-refractivity contribution is 4.83. The summed E-state index contributed by atoms with van der Waals surface area (Å²) in [5, 5.41) is 0. The largest absolute Gasteiger partial charge is 0.0654 e. The normalized spacial score (nSPS) is 15.9. The van der Waals surface area contributed by atoms with E-state index in [1.165, 1.54) is 161 Å². The molecule has 1 saturated carbocycles. The van der Waals surface area contributed by atoms with Gasteiger partial charge in [0.1, 0.15) is 0 Å². The molecule has 0 aromatic carbocycles. The van der Waals surface area contributed by atoms with Gasteiger partial charge < -0.3 is 0 Å². The van der Waals surface area contributed by atoms with Crippen LogP contribution in [0, 0.1) is 5.41 Å². The molecule has 0 heterocycles. The molecule has 0 unspecified atom stereocenters. The van der Waals surface area contributed by atoms with E-state index in [9.17, 15) is 0 Å². The van der Waals surface area contributed by atoms with E-state index in [1.54, 1.807) is 25.7 Å². The molecule has 0 aliphatic heterocycles. The van der Waals surface area contributed by atoms with Gasteiger partial charge in [0, 0.05) is 0 Å². The molecule has 0 spiro atoms. The van der Waals surface area contributed by atoms with Gasteiger partial charge in [0.25, 0.3) is 0 Å². The van der Waals surface area contributed by atoms with Crippen molar-refractivity contribution in [2.45, 2.75) is 200 Å². The lowest BCUT2D eigenvalue weighted by Gasteiger charge is -2.38. The van der Waals surface area contributed by atoms with Gasteiger partial charge >= 0.3 is 0 Å². The molecule has 0 aromatic rings. The molecule has 0 amide bonds. The molecule has 0 heteroatoms. The smallest absolute Gasteiger partial charge is 0.0297 e. The maximum atomic E-state index is 2.31. The summed E-state index contributed by atoms with van der Waals surface area (Å²) in [6.45, 7) is 4.63. The van der Waals surface area contributed by atoms with Crippen molar-refractivity contribution in [1.82, 2.24) is 0 Å². The van der Waals surface area contributed by atoms with E-state index in [-0.39, 0.29) is 0 Å². The highest BCUT2D eigenvalue weighted by atomic mass is 14.4. The number of hydrogen-bond acceptors (Lipinski definition) is 0. The fraction of sp³-hybridized carbons (Fsp3) is 1.00. The first kappa shape index (κ1) is 30.0. The van der Waals surface area contributed by atoms with Crippen molar-refractivity contribution in [2.24, 2.45) is 5.41 Å². The number of rotatable bonds is 24. The van der Waals surface area contributed by atoms with Crippen LogP contribution < -0.4 is 0 Å². The zero-order valence-electron chi connectivity index (χ0n) is 23.0. The van der Waals surface area contributed by atoms with Crippen LogP contribution in [0.15, 0.2) is 0 Å². The van der Waals surface area contributed by atoms with Crippen LogP contribution in [-0.4, -0.2) is 0 Å². The topological polar surface area (TPSA) is 0 Å². The molecule has 1 fully saturated rings. The predicted molar refractivity (Wildman–Crippen MR) is 148 cm³/mol. The minimum atomic E-state index is 0.761. The number of unbranched alkanes of at least 4 members (excludes halogenated alkanes) is 20. The van der Waals surface area contributed by atoms with E-state index in [0.29, 0.717) is 0 Å². The molecule has 192 valence electrons. The van der Waals surface area contributed by atoms with Crippen LogP contribution in [0.4, 0.5) is 0 Å². The van der Waals surface area contributed by atoms with Crippen LogP contribution in [0.1, 0.15) is 200 Å². The Hall–Kier alpha value is 0. The van der Waals surface area contributed by atoms with Crippen molar-refractivity contribution in [3.05, 3.63) is 0 Å². The SMILES string of the molecule is CCCCCCCCCCCCCC1(CCCCCCCCCCCCC)CCCCC1. The van der Waals surface area contributed by atoms with Gasteiger partial charge in [-0.25, -0.2) is 0 Å². The summed E-state index contributed by atoms with van der Waals surface area (Å²) in [6.07, 6.45) is 43.4. The monoisotopic (exact) mass is 449 g/mol. The quantitative estimate of drug-likeness (QED) is 0.129. The maximum absolute atomic E-state index is 2.31. The molecule has 32 heavy (non-hydrogen) atoms. The predicted octanol–water partition coefficient (Wildman–Crippen LogP) is 12.3. The molecular formula is C32H64. The van der Waals surface area contributed by atoms with Crippen molar-refractivity contribution >= 4 is 0 Å². The highest BCUT2D eigenvalue weighted by Gasteiger charge is 2.30. The Morgan fingerprint density at radius 2 is 0.625 bits per heavy atom. The van der Waals surface area contributed by atoms with E-state index in [4.69, 9.17) is 0 Å². The fourth-order valence-corrected chi connectivity index (χ4v) is 6.26. The molecular weight excluding hydrogens is 384 g/mol. The van der Waals surface area contributed by atoms with E-state index >= 15 is 0 Å². The Bertz CT molecular complexity index is 323. The standard InChI is InChI=1S/C32H64/c1-3-5-7-9-11-13-15-17-19-21-24-28-32(30-26-23-27-31-32)29-25-22-20-18-16-14-12-10-8-6-4-2/h3-31H2,1-2H3. The van der Waals surface area contributed by atoms with Crippen molar-refractivity contribution in [1.29, 1.82) is 0 Å². The van der Waals surface area contributed by atoms with Crippen molar-refractivity contribution in [2.75, 3.05) is 0 Å². The Morgan fingerprint density at radius 1 is 0.344 bits per heavy atom. The van der Waals surface area contributed by atoms with Crippen LogP contribution >= 0.6 is 0 Å². The van der Waals surface area contributed by atoms with Gasteiger partial charge in [0.15, 0.2) is 0 Å². The first-order valence-electron chi connectivity index (χ1n) is 15.8. The van der Waals surface area contributed by atoms with E-state index in [0.717, 1.165) is 5.41 Å². The first-order chi connectivity index (χ1) is 15.8. The Kier molecular flexibility index (Phi) is 21.4. The third-order valence-electron chi connectivity index (χ3n) is 8.54. The zero-order valence-corrected chi connectivity index (χ0v) is 23.0. The molecule has 0 atom stereocenters. The molecule has 0 N–H and O–H groups in total. The van der Waals surface area contributed by atoms with Crippen molar-refractivity contribution < 1.29 is 0 Å². The first-order valence-corrected chi connectivity index (χ1v) is 15.8. The van der Waals surface area contributed by atoms with Gasteiger partial charge in [-0.15, -0.1) is 0 Å². The summed E-state index contributed by atoms with van der Waals surface area (Å²) in [6, 6.07) is 0. The summed E-state index contributed by atoms with van der Waals surface area (Å²) >= 11 is 0. The van der Waals surface area contributed by atoms with Crippen molar-refractivity contribution in [3.8, 4) is 0 Å². The zero-order chi connectivity index (χ0) is 23.0. The summed E-state index contributed by atoms with van der Waals surface area (Å²) in [5.74, 6) is 0. The van der Waals surface area contributed by atoms with Crippen LogP contribution in [0.25, 0.3) is 0 Å². The lowest BCUT2D eigenvalue weighted by atomic mass is 9.68. The molecule has 0 radical (unpaired) electrons. The molecule has 0 bridgehead atoms. The summed E-state index contributed by atoms with van der Waals surface area (Å²) < 4.78 is 0. The lowest BCUT2D eigenvalue weighted by Crippen LogP contribution is -2.24. The molecule has 0 saturated heterocycles. The average Bonchev–Trinajstić information content (AvgIpc) is 2.82. The Labute approximate surface area is 205 Å². The molecule has 1 rings (SSSR count). The summed E-state index contributed by atoms with van der Waals surface area (Å²) in [7, 11) is 0. The van der Waals surface area contributed by atoms with E-state index < -0.39 is 0 Å². The van der Waals surface area contributed by atoms with Crippen LogP contribution in [0.2, 0.25) is 0 Å². The molecule has 1 aliphatic rings. The van der Waals surface area contributed by atoms with Gasteiger partial charge in [-0.05, 0) is 31.1 Å². The Morgan fingerprint density at radius 3 is 0.938 bits per heavy atom. The minimum absolute atomic E-state index is 0.761. The molecule has 0 aromatic heterocycles. The third-order valence-corrected chi connectivity index (χ3v) is 8.54. The highest BCUT2D eigenvalue weighted by Crippen LogP contribution is 2.44. The van der Waals surface area contributed by atoms with Crippen LogP contribution in [-0.2, 0) is 0 Å². The lowest BCUT2D eigenvalue weighted by molar-refractivity contribution is 0.146. The second-order valence-electron chi connectivity index (χ2n) is 11.6. The van der Waals surface area contributed by atoms with E-state index in [2.05, 4.69) is 13.8 Å². The van der Waals surface area contributed by atoms with Gasteiger partial charge in [-0.3, -0.25) is 0 Å². The second-order valence-corrected chi connectivity index (χ2v) is 11.6. The molecule has 1 aliphatic carbocycles. The second kappa shape index (κ2) is 22.8. The van der Waals surface area contributed by atoms with Gasteiger partial charge in [-0.2, -0.15) is 0 Å².